The van der Waals surface area contributed by atoms with Crippen LogP contribution in [0.15, 0.2) is 54.6 Å². The van der Waals surface area contributed by atoms with Gasteiger partial charge < -0.3 is 15.0 Å². The van der Waals surface area contributed by atoms with E-state index in [0.29, 0.717) is 37.6 Å². The first-order valence-corrected chi connectivity index (χ1v) is 10.9. The first-order valence-electron chi connectivity index (χ1n) is 10.5. The average molecular weight is 431 g/mol. The molecule has 162 valence electrons. The lowest BCUT2D eigenvalue weighted by Crippen LogP contribution is -2.47. The summed E-state index contributed by atoms with van der Waals surface area (Å²) < 4.78 is 5.68. The van der Waals surface area contributed by atoms with Crippen LogP contribution in [0, 0.1) is 0 Å². The van der Waals surface area contributed by atoms with Crippen LogP contribution >= 0.6 is 11.6 Å². The van der Waals surface area contributed by atoms with Gasteiger partial charge in [0.25, 0.3) is 0 Å². The molecule has 5 nitrogen and oxygen atoms in total. The van der Waals surface area contributed by atoms with E-state index in [1.807, 2.05) is 42.5 Å². The molecule has 1 atom stereocenters. The minimum Gasteiger partial charge on any atom is -0.494 e. The summed E-state index contributed by atoms with van der Waals surface area (Å²) in [7, 11) is 0. The van der Waals surface area contributed by atoms with E-state index in [9.17, 15) is 9.59 Å². The van der Waals surface area contributed by atoms with E-state index in [-0.39, 0.29) is 11.8 Å². The number of para-hydroxylation sites is 1. The first kappa shape index (κ1) is 23.7. The molecular formula is C24H31ClN2O3. The number of nitrogens with zero attached hydrogens (tertiary/aromatic N) is 1. The van der Waals surface area contributed by atoms with Crippen LogP contribution < -0.4 is 10.1 Å². The minimum atomic E-state index is -0.555. The molecule has 0 bridgehead atoms. The summed E-state index contributed by atoms with van der Waals surface area (Å²) in [4.78, 5) is 27.2. The van der Waals surface area contributed by atoms with Crippen LogP contribution in [0.4, 0.5) is 0 Å². The summed E-state index contributed by atoms with van der Waals surface area (Å²) >= 11 is 5.97. The van der Waals surface area contributed by atoms with Crippen LogP contribution in [0.2, 0.25) is 5.02 Å². The molecule has 0 fully saturated rings. The van der Waals surface area contributed by atoms with E-state index >= 15 is 0 Å². The van der Waals surface area contributed by atoms with Crippen LogP contribution in [-0.4, -0.2) is 35.9 Å². The van der Waals surface area contributed by atoms with Crippen molar-refractivity contribution in [3.05, 3.63) is 65.2 Å². The summed E-state index contributed by atoms with van der Waals surface area (Å²) in [5.41, 5.74) is 0.932. The maximum atomic E-state index is 13.0. The second kappa shape index (κ2) is 12.9. The van der Waals surface area contributed by atoms with Gasteiger partial charge in [-0.3, -0.25) is 9.59 Å². The molecule has 2 aromatic carbocycles. The monoisotopic (exact) mass is 430 g/mol. The summed E-state index contributed by atoms with van der Waals surface area (Å²) in [6, 6.07) is 16.3. The number of benzene rings is 2. The Morgan fingerprint density at radius 3 is 2.43 bits per heavy atom. The van der Waals surface area contributed by atoms with Crippen LogP contribution in [0.1, 0.15) is 45.1 Å². The zero-order chi connectivity index (χ0) is 21.8. The second-order valence-electron chi connectivity index (χ2n) is 7.23. The van der Waals surface area contributed by atoms with Gasteiger partial charge >= 0.3 is 0 Å². The zero-order valence-corrected chi connectivity index (χ0v) is 18.5. The Hall–Kier alpha value is -2.53. The molecule has 0 aliphatic heterocycles. The number of carbonyl (C=O) groups excluding carboxylic acids is 2. The van der Waals surface area contributed by atoms with E-state index in [2.05, 4.69) is 12.2 Å². The quantitative estimate of drug-likeness (QED) is 0.490. The van der Waals surface area contributed by atoms with Crippen molar-refractivity contribution in [1.82, 2.24) is 10.2 Å². The van der Waals surface area contributed by atoms with Gasteiger partial charge in [-0.15, -0.1) is 0 Å². The zero-order valence-electron chi connectivity index (χ0n) is 17.8. The fourth-order valence-corrected chi connectivity index (χ4v) is 3.10. The summed E-state index contributed by atoms with van der Waals surface area (Å²) in [5.74, 6) is 0.581. The third-order valence-electron chi connectivity index (χ3n) is 4.81. The average Bonchev–Trinajstić information content (AvgIpc) is 2.76. The van der Waals surface area contributed by atoms with Gasteiger partial charge in [0.1, 0.15) is 11.8 Å². The molecule has 0 saturated heterocycles. The lowest BCUT2D eigenvalue weighted by atomic mass is 10.1. The Bertz CT molecular complexity index is 781. The number of hydrogen-bond donors (Lipinski definition) is 1. The fourth-order valence-electron chi connectivity index (χ4n) is 2.98. The third kappa shape index (κ3) is 8.07. The van der Waals surface area contributed by atoms with Gasteiger partial charge in [-0.2, -0.15) is 0 Å². The van der Waals surface area contributed by atoms with Gasteiger partial charge in [0, 0.05) is 24.5 Å². The summed E-state index contributed by atoms with van der Waals surface area (Å²) in [5, 5.41) is 3.56. The molecule has 30 heavy (non-hydrogen) atoms. The Labute approximate surface area is 184 Å². The van der Waals surface area contributed by atoms with Gasteiger partial charge in [-0.1, -0.05) is 55.3 Å². The molecule has 1 N–H and O–H groups in total. The Morgan fingerprint density at radius 1 is 1.07 bits per heavy atom. The van der Waals surface area contributed by atoms with Crippen LogP contribution in [0.25, 0.3) is 0 Å². The molecule has 0 aliphatic carbocycles. The summed E-state index contributed by atoms with van der Waals surface area (Å²) in [6.45, 7) is 5.27. The topological polar surface area (TPSA) is 58.6 Å². The number of ether oxygens (including phenoxy) is 1. The molecular weight excluding hydrogens is 400 g/mol. The molecule has 0 radical (unpaired) electrons. The Morgan fingerprint density at radius 2 is 1.77 bits per heavy atom. The number of amides is 2. The molecule has 2 amide bonds. The number of halogens is 1. The predicted octanol–water partition coefficient (Wildman–Crippen LogP) is 4.83. The first-order chi connectivity index (χ1) is 14.5. The molecule has 0 spiro atoms. The maximum Gasteiger partial charge on any atom is 0.242 e. The van der Waals surface area contributed by atoms with Crippen molar-refractivity contribution in [3.63, 3.8) is 0 Å². The number of hydrogen-bond acceptors (Lipinski definition) is 3. The summed E-state index contributed by atoms with van der Waals surface area (Å²) in [6.07, 6.45) is 2.81. The van der Waals surface area contributed by atoms with Gasteiger partial charge in [0.2, 0.25) is 11.8 Å². The molecule has 0 saturated carbocycles. The molecule has 0 heterocycles. The number of nitrogens with one attached hydrogen (secondary N) is 1. The minimum absolute atomic E-state index is 0.0697. The Kier molecular flexibility index (Phi) is 10.2. The molecule has 6 heteroatoms. The van der Waals surface area contributed by atoms with Crippen molar-refractivity contribution in [1.29, 1.82) is 0 Å². The lowest BCUT2D eigenvalue weighted by molar-refractivity contribution is -0.140. The van der Waals surface area contributed by atoms with Gasteiger partial charge in [-0.25, -0.2) is 0 Å². The number of rotatable bonds is 12. The third-order valence-corrected chi connectivity index (χ3v) is 5.06. The molecule has 2 aromatic rings. The van der Waals surface area contributed by atoms with Gasteiger partial charge in [0.05, 0.1) is 6.61 Å². The van der Waals surface area contributed by atoms with Gasteiger partial charge in [-0.05, 0) is 49.6 Å². The van der Waals surface area contributed by atoms with E-state index in [0.717, 1.165) is 24.2 Å². The fraction of sp³-hybridized carbons (Fsp3) is 0.417. The van der Waals surface area contributed by atoms with Crippen LogP contribution in [-0.2, 0) is 16.1 Å². The molecule has 0 aromatic heterocycles. The van der Waals surface area contributed by atoms with E-state index in [4.69, 9.17) is 16.3 Å². The molecule has 0 aliphatic rings. The van der Waals surface area contributed by atoms with Crippen LogP contribution in [0.3, 0.4) is 0 Å². The predicted molar refractivity (Wildman–Crippen MR) is 121 cm³/mol. The van der Waals surface area contributed by atoms with E-state index < -0.39 is 6.04 Å². The van der Waals surface area contributed by atoms with E-state index in [1.165, 1.54) is 0 Å². The van der Waals surface area contributed by atoms with Crippen molar-refractivity contribution in [2.75, 3.05) is 13.2 Å². The largest absolute Gasteiger partial charge is 0.494 e. The van der Waals surface area contributed by atoms with Crippen molar-refractivity contribution < 1.29 is 14.3 Å². The highest BCUT2D eigenvalue weighted by Gasteiger charge is 2.25. The van der Waals surface area contributed by atoms with Crippen molar-refractivity contribution in [2.24, 2.45) is 0 Å². The number of carbonyl (C=O) groups is 2. The normalized spacial score (nSPS) is 11.6. The standard InChI is InChI=1S/C24H31ClN2O3/c1-3-4-16-26-24(29)19(2)27(18-20-12-14-21(25)15-13-20)23(28)11-8-17-30-22-9-6-5-7-10-22/h5-7,9-10,12-15,19H,3-4,8,11,16-18H2,1-2H3,(H,26,29)/t19-/m1/s1. The van der Waals surface area contributed by atoms with Gasteiger partial charge in [0.15, 0.2) is 0 Å². The second-order valence-corrected chi connectivity index (χ2v) is 7.67. The van der Waals surface area contributed by atoms with Crippen LogP contribution in [0.5, 0.6) is 5.75 Å². The molecule has 2 rings (SSSR count). The van der Waals surface area contributed by atoms with E-state index in [1.54, 1.807) is 24.0 Å². The lowest BCUT2D eigenvalue weighted by Gasteiger charge is -2.29. The SMILES string of the molecule is CCCCNC(=O)[C@@H](C)N(Cc1ccc(Cl)cc1)C(=O)CCCOc1ccccc1. The smallest absolute Gasteiger partial charge is 0.242 e. The highest BCUT2D eigenvalue weighted by Crippen LogP contribution is 2.15. The highest BCUT2D eigenvalue weighted by molar-refractivity contribution is 6.30. The highest BCUT2D eigenvalue weighted by atomic mass is 35.5. The maximum absolute atomic E-state index is 13.0. The Balaban J connectivity index is 1.96. The number of unbranched alkanes of at least 4 members (excludes halogenated alkanes) is 1. The van der Waals surface area contributed by atoms with Crippen molar-refractivity contribution >= 4 is 23.4 Å². The molecule has 0 unspecified atom stereocenters. The van der Waals surface area contributed by atoms with Crippen molar-refractivity contribution in [3.8, 4) is 5.75 Å². The van der Waals surface area contributed by atoms with Crippen molar-refractivity contribution in [2.45, 2.75) is 52.1 Å².